The molecule has 0 aromatic carbocycles. The summed E-state index contributed by atoms with van der Waals surface area (Å²) in [6.07, 6.45) is 3.13. The summed E-state index contributed by atoms with van der Waals surface area (Å²) in [6, 6.07) is 0. The number of esters is 1. The van der Waals surface area contributed by atoms with Crippen LogP contribution in [0.2, 0.25) is 0 Å². The Kier molecular flexibility index (Phi) is 8.55. The number of methoxy groups -OCH3 is 1. The number of hydrogen-bond acceptors (Lipinski definition) is 4. The van der Waals surface area contributed by atoms with Crippen molar-refractivity contribution in [1.29, 1.82) is 0 Å². The van der Waals surface area contributed by atoms with Gasteiger partial charge in [0.25, 0.3) is 0 Å². The highest BCUT2D eigenvalue weighted by molar-refractivity contribution is 5.84. The van der Waals surface area contributed by atoms with Crippen LogP contribution in [-0.2, 0) is 19.1 Å². The molecule has 0 fully saturated rings. The Labute approximate surface area is 128 Å². The number of carbonyl (C=O) groups is 2. The zero-order valence-electron chi connectivity index (χ0n) is 14.4. The first-order chi connectivity index (χ1) is 9.73. The number of unbranched alkanes of at least 4 members (excludes halogenated alkanes) is 1. The molecule has 0 aromatic heterocycles. The van der Waals surface area contributed by atoms with Gasteiger partial charge in [0, 0.05) is 12.0 Å². The van der Waals surface area contributed by atoms with Gasteiger partial charge in [0.15, 0.2) is 0 Å². The van der Waals surface area contributed by atoms with Gasteiger partial charge in [-0.2, -0.15) is 0 Å². The smallest absolute Gasteiger partial charge is 0.311 e. The van der Waals surface area contributed by atoms with E-state index in [1.165, 1.54) is 7.11 Å². The molecule has 0 aromatic rings. The third kappa shape index (κ3) is 6.46. The molecule has 1 atom stereocenters. The summed E-state index contributed by atoms with van der Waals surface area (Å²) in [4.78, 5) is 24.2. The van der Waals surface area contributed by atoms with E-state index in [4.69, 9.17) is 9.47 Å². The predicted molar refractivity (Wildman–Crippen MR) is 82.7 cm³/mol. The minimum atomic E-state index is -0.695. The maximum Gasteiger partial charge on any atom is 0.311 e. The highest BCUT2D eigenvalue weighted by Crippen LogP contribution is 2.37. The van der Waals surface area contributed by atoms with E-state index in [0.717, 1.165) is 12.8 Å². The number of rotatable bonds is 10. The highest BCUT2D eigenvalue weighted by atomic mass is 16.5. The first-order valence-electron chi connectivity index (χ1n) is 7.68. The van der Waals surface area contributed by atoms with Crippen LogP contribution < -0.4 is 5.32 Å². The molecule has 1 unspecified atom stereocenters. The van der Waals surface area contributed by atoms with Gasteiger partial charge in [0.1, 0.15) is 6.73 Å². The summed E-state index contributed by atoms with van der Waals surface area (Å²) in [7, 11) is 1.37. The Balaban J connectivity index is 4.56. The van der Waals surface area contributed by atoms with Crippen molar-refractivity contribution < 1.29 is 19.1 Å². The van der Waals surface area contributed by atoms with E-state index in [2.05, 4.69) is 12.2 Å². The largest absolute Gasteiger partial charge is 0.469 e. The summed E-state index contributed by atoms with van der Waals surface area (Å²) in [5.74, 6) is -0.382. The van der Waals surface area contributed by atoms with Crippen LogP contribution in [0.1, 0.15) is 60.3 Å². The van der Waals surface area contributed by atoms with Gasteiger partial charge in [-0.15, -0.1) is 0 Å². The van der Waals surface area contributed by atoms with Crippen molar-refractivity contribution in [2.24, 2.45) is 10.8 Å². The monoisotopic (exact) mass is 301 g/mol. The fourth-order valence-electron chi connectivity index (χ4n) is 2.34. The molecular formula is C16H31NO4. The SMILES string of the molecule is CCCCOCNC(=O)C(C)(CC)CC(C)(C)C(=O)OC. The summed E-state index contributed by atoms with van der Waals surface area (Å²) < 4.78 is 10.2. The molecule has 0 heterocycles. The van der Waals surface area contributed by atoms with Gasteiger partial charge >= 0.3 is 5.97 Å². The molecule has 0 radical (unpaired) electrons. The minimum absolute atomic E-state index is 0.0847. The van der Waals surface area contributed by atoms with Crippen LogP contribution in [0.3, 0.4) is 0 Å². The van der Waals surface area contributed by atoms with Crippen LogP contribution >= 0.6 is 0 Å². The molecule has 5 nitrogen and oxygen atoms in total. The number of nitrogens with one attached hydrogen (secondary N) is 1. The molecule has 0 aliphatic rings. The van der Waals surface area contributed by atoms with Crippen LogP contribution in [0.25, 0.3) is 0 Å². The van der Waals surface area contributed by atoms with Crippen molar-refractivity contribution in [3.8, 4) is 0 Å². The summed E-state index contributed by atoms with van der Waals surface area (Å²) >= 11 is 0. The van der Waals surface area contributed by atoms with Crippen molar-refractivity contribution in [2.45, 2.75) is 60.3 Å². The van der Waals surface area contributed by atoms with Crippen molar-refractivity contribution in [1.82, 2.24) is 5.32 Å². The Morgan fingerprint density at radius 3 is 2.24 bits per heavy atom. The highest BCUT2D eigenvalue weighted by Gasteiger charge is 2.41. The zero-order valence-corrected chi connectivity index (χ0v) is 14.4. The van der Waals surface area contributed by atoms with E-state index < -0.39 is 10.8 Å². The fraction of sp³-hybridized carbons (Fsp3) is 0.875. The lowest BCUT2D eigenvalue weighted by molar-refractivity contribution is -0.154. The lowest BCUT2D eigenvalue weighted by atomic mass is 9.72. The molecule has 0 saturated carbocycles. The third-order valence-electron chi connectivity index (χ3n) is 3.88. The number of amides is 1. The molecular weight excluding hydrogens is 270 g/mol. The molecule has 0 saturated heterocycles. The summed E-state index contributed by atoms with van der Waals surface area (Å²) in [5.41, 5.74) is -1.31. The molecule has 0 rings (SSSR count). The van der Waals surface area contributed by atoms with E-state index in [9.17, 15) is 9.59 Å². The van der Waals surface area contributed by atoms with Gasteiger partial charge in [-0.05, 0) is 33.1 Å². The predicted octanol–water partition coefficient (Wildman–Crippen LogP) is 2.88. The van der Waals surface area contributed by atoms with E-state index in [1.54, 1.807) is 13.8 Å². The molecule has 0 aliphatic carbocycles. The van der Waals surface area contributed by atoms with Crippen molar-refractivity contribution >= 4 is 11.9 Å². The lowest BCUT2D eigenvalue weighted by Gasteiger charge is -2.34. The molecule has 0 aliphatic heterocycles. The standard InChI is InChI=1S/C16H31NO4/c1-7-9-10-21-12-17-13(18)16(5,8-2)11-15(3,4)14(19)20-6/h7-12H2,1-6H3,(H,17,18). The topological polar surface area (TPSA) is 64.6 Å². The van der Waals surface area contributed by atoms with Gasteiger partial charge in [-0.1, -0.05) is 27.2 Å². The molecule has 5 heteroatoms. The number of ether oxygens (including phenoxy) is 2. The first-order valence-corrected chi connectivity index (χ1v) is 7.68. The van der Waals surface area contributed by atoms with Crippen LogP contribution in [-0.4, -0.2) is 32.3 Å². The van der Waals surface area contributed by atoms with Crippen LogP contribution in [0.5, 0.6) is 0 Å². The Morgan fingerprint density at radius 1 is 1.14 bits per heavy atom. The molecule has 21 heavy (non-hydrogen) atoms. The van der Waals surface area contributed by atoms with Crippen LogP contribution in [0.15, 0.2) is 0 Å². The average molecular weight is 301 g/mol. The molecule has 124 valence electrons. The number of carbonyl (C=O) groups excluding carboxylic acids is 2. The number of hydrogen-bond donors (Lipinski definition) is 1. The molecule has 1 N–H and O–H groups in total. The lowest BCUT2D eigenvalue weighted by Crippen LogP contribution is -2.44. The van der Waals surface area contributed by atoms with Crippen LogP contribution in [0.4, 0.5) is 0 Å². The zero-order chi connectivity index (χ0) is 16.5. The fourth-order valence-corrected chi connectivity index (χ4v) is 2.34. The van der Waals surface area contributed by atoms with Gasteiger partial charge in [0.05, 0.1) is 12.5 Å². The second-order valence-electron chi connectivity index (χ2n) is 6.38. The maximum atomic E-state index is 12.4. The maximum absolute atomic E-state index is 12.4. The Bertz CT molecular complexity index is 341. The van der Waals surface area contributed by atoms with E-state index in [-0.39, 0.29) is 18.6 Å². The quantitative estimate of drug-likeness (QED) is 0.383. The Hall–Kier alpha value is -1.10. The van der Waals surface area contributed by atoms with E-state index in [0.29, 0.717) is 19.4 Å². The van der Waals surface area contributed by atoms with Gasteiger partial charge < -0.3 is 14.8 Å². The first kappa shape index (κ1) is 19.9. The molecule has 0 bridgehead atoms. The van der Waals surface area contributed by atoms with Gasteiger partial charge in [-0.25, -0.2) is 0 Å². The summed E-state index contributed by atoms with van der Waals surface area (Å²) in [6.45, 7) is 10.4. The minimum Gasteiger partial charge on any atom is -0.469 e. The second-order valence-corrected chi connectivity index (χ2v) is 6.38. The third-order valence-corrected chi connectivity index (χ3v) is 3.88. The normalized spacial score (nSPS) is 14.4. The molecule has 1 amide bonds. The molecule has 0 spiro atoms. The summed E-state index contributed by atoms with van der Waals surface area (Å²) in [5, 5.41) is 2.80. The second kappa shape index (κ2) is 9.03. The van der Waals surface area contributed by atoms with Crippen LogP contribution in [0, 0.1) is 10.8 Å². The average Bonchev–Trinajstić information content (AvgIpc) is 2.45. The van der Waals surface area contributed by atoms with E-state index >= 15 is 0 Å². The van der Waals surface area contributed by atoms with Crippen molar-refractivity contribution in [2.75, 3.05) is 20.4 Å². The van der Waals surface area contributed by atoms with Gasteiger partial charge in [0.2, 0.25) is 5.91 Å². The van der Waals surface area contributed by atoms with E-state index in [1.807, 2.05) is 13.8 Å². The van der Waals surface area contributed by atoms with Crippen molar-refractivity contribution in [3.63, 3.8) is 0 Å². The van der Waals surface area contributed by atoms with Gasteiger partial charge in [-0.3, -0.25) is 9.59 Å². The van der Waals surface area contributed by atoms with Crippen molar-refractivity contribution in [3.05, 3.63) is 0 Å². The Morgan fingerprint density at radius 2 is 1.76 bits per heavy atom.